The average molecular weight is 972 g/mol. The molecule has 63 heavy (non-hydrogen) atoms. The van der Waals surface area contributed by atoms with Gasteiger partial charge in [0.1, 0.15) is 23.3 Å². The van der Waals surface area contributed by atoms with E-state index in [4.69, 9.17) is 31.4 Å². The van der Waals surface area contributed by atoms with Gasteiger partial charge < -0.3 is 28.3 Å². The summed E-state index contributed by atoms with van der Waals surface area (Å²) in [6, 6.07) is 18.2. The van der Waals surface area contributed by atoms with E-state index in [1.807, 2.05) is 12.4 Å². The third-order valence-electron chi connectivity index (χ3n) is 9.20. The standard InChI is InChI=1S/C28H44N2.C18H10N4O4.CHNS.CNS.Ru/c1-3-5-7-9-11-13-15-17-25-19-21-29-27(23-25)28-24-26(20-22-30-28)18-16-14-12-10-8-6-4-2;19-9-13(17(23)24)5-11-1-3-21-15(7-11)16-8-12(2-4-22-16)6-14(10-20)18(25)26;2*2-1-3;/h19-24H,3-18H2,1-2H3;1-8H,(H,23,24)(H,25,26);3H;;/q;;;-1;+2/p-1/b;13-5+,14-6?;;;. The molecular formula is C48H54N8O4RuS2. The van der Waals surface area contributed by atoms with Gasteiger partial charge in [0.05, 0.1) is 22.8 Å². The van der Waals surface area contributed by atoms with Crippen molar-refractivity contribution in [2.45, 2.75) is 117 Å². The van der Waals surface area contributed by atoms with Crippen LogP contribution in [-0.4, -0.2) is 47.2 Å². The third kappa shape index (κ3) is 25.6. The molecule has 0 fully saturated rings. The molecule has 4 aromatic heterocycles. The first-order chi connectivity index (χ1) is 30.1. The second kappa shape index (κ2) is 36.8. The number of hydrogen-bond donors (Lipinski definition) is 2. The molecular weight excluding hydrogens is 918 g/mol. The van der Waals surface area contributed by atoms with Gasteiger partial charge in [0.15, 0.2) is 0 Å². The average Bonchev–Trinajstić information content (AvgIpc) is 3.28. The maximum atomic E-state index is 10.9. The number of unbranched alkanes of at least 4 members (excludes halogenated alkanes) is 12. The zero-order valence-corrected chi connectivity index (χ0v) is 39.2. The van der Waals surface area contributed by atoms with E-state index in [1.54, 1.807) is 24.3 Å². The van der Waals surface area contributed by atoms with Gasteiger partial charge in [0.2, 0.25) is 0 Å². The van der Waals surface area contributed by atoms with Crippen LogP contribution in [0, 0.1) is 33.3 Å². The van der Waals surface area contributed by atoms with Crippen molar-refractivity contribution in [3.05, 3.63) is 112 Å². The van der Waals surface area contributed by atoms with Crippen LogP contribution in [0.5, 0.6) is 0 Å². The number of hydrogen-bond acceptors (Lipinski definition) is 11. The molecule has 0 saturated heterocycles. The zero-order chi connectivity index (χ0) is 45.8. The fourth-order valence-corrected chi connectivity index (χ4v) is 6.08. The molecule has 12 nitrogen and oxygen atoms in total. The number of thiocyanates is 1. The Morgan fingerprint density at radius 1 is 0.603 bits per heavy atom. The van der Waals surface area contributed by atoms with Gasteiger partial charge in [-0.15, -0.1) is 0 Å². The van der Waals surface area contributed by atoms with Crippen molar-refractivity contribution in [3.8, 4) is 40.3 Å². The summed E-state index contributed by atoms with van der Waals surface area (Å²) in [5.41, 5.74) is 5.67. The predicted molar refractivity (Wildman–Crippen MR) is 250 cm³/mol. The van der Waals surface area contributed by atoms with Crippen LogP contribution in [0.2, 0.25) is 0 Å². The minimum atomic E-state index is -1.34. The number of carboxylic acid groups (broad SMARTS) is 2. The van der Waals surface area contributed by atoms with Crippen LogP contribution in [0.1, 0.15) is 126 Å². The maximum absolute atomic E-state index is 10.9. The molecule has 0 saturated carbocycles. The van der Waals surface area contributed by atoms with E-state index < -0.39 is 23.1 Å². The Bertz CT molecular complexity index is 2060. The normalized spacial score (nSPS) is 10.2. The van der Waals surface area contributed by atoms with E-state index in [0.29, 0.717) is 22.5 Å². The maximum Gasteiger partial charge on any atom is 2.00 e. The second-order valence-corrected chi connectivity index (χ2v) is 14.3. The summed E-state index contributed by atoms with van der Waals surface area (Å²) >= 11 is 7.40. The number of pyridine rings is 4. The summed E-state index contributed by atoms with van der Waals surface area (Å²) in [7, 11) is 0. The number of aromatic nitrogens is 4. The van der Waals surface area contributed by atoms with Crippen LogP contribution in [0.25, 0.3) is 40.3 Å². The van der Waals surface area contributed by atoms with E-state index in [9.17, 15) is 9.59 Å². The first kappa shape index (κ1) is 57.1. The molecule has 2 N–H and O–H groups in total. The van der Waals surface area contributed by atoms with Gasteiger partial charge in [0.25, 0.3) is 0 Å². The van der Waals surface area contributed by atoms with Gasteiger partial charge in [-0.1, -0.05) is 109 Å². The van der Waals surface area contributed by atoms with Crippen LogP contribution < -0.4 is 0 Å². The number of nitriles is 3. The molecule has 0 aliphatic rings. The molecule has 0 aliphatic carbocycles. The van der Waals surface area contributed by atoms with Gasteiger partial charge in [-0.2, -0.15) is 15.7 Å². The molecule has 0 atom stereocenters. The summed E-state index contributed by atoms with van der Waals surface area (Å²) in [5.74, 6) is -2.68. The zero-order valence-electron chi connectivity index (χ0n) is 35.9. The van der Waals surface area contributed by atoms with Gasteiger partial charge in [-0.05, 0) is 109 Å². The van der Waals surface area contributed by atoms with E-state index in [2.05, 4.69) is 82.9 Å². The molecule has 0 unspecified atom stereocenters. The van der Waals surface area contributed by atoms with Gasteiger partial charge in [0, 0.05) is 24.8 Å². The first-order valence-electron chi connectivity index (χ1n) is 20.7. The Morgan fingerprint density at radius 2 is 0.889 bits per heavy atom. The van der Waals surface area contributed by atoms with Crippen molar-refractivity contribution >= 4 is 54.1 Å². The summed E-state index contributed by atoms with van der Waals surface area (Å²) < 4.78 is 0. The minimum absolute atomic E-state index is 0. The molecule has 0 spiro atoms. The van der Waals surface area contributed by atoms with E-state index >= 15 is 0 Å². The summed E-state index contributed by atoms with van der Waals surface area (Å²) in [6.45, 7) is 4.56. The monoisotopic (exact) mass is 972 g/mol. The fourth-order valence-electron chi connectivity index (χ4n) is 6.08. The van der Waals surface area contributed by atoms with E-state index in [0.717, 1.165) is 24.2 Å². The third-order valence-corrected chi connectivity index (χ3v) is 9.20. The van der Waals surface area contributed by atoms with Crippen LogP contribution >= 0.6 is 12.2 Å². The smallest absolute Gasteiger partial charge is 0.753 e. The minimum Gasteiger partial charge on any atom is -0.753 e. The van der Waals surface area contributed by atoms with Crippen molar-refractivity contribution in [1.82, 2.24) is 19.9 Å². The number of rotatable bonds is 22. The number of aliphatic carboxylic acids is 2. The van der Waals surface area contributed by atoms with Gasteiger partial charge in [-0.25, -0.2) is 14.9 Å². The van der Waals surface area contributed by atoms with Crippen molar-refractivity contribution in [2.75, 3.05) is 0 Å². The van der Waals surface area contributed by atoms with E-state index in [1.165, 1.54) is 148 Å². The number of aryl methyl sites for hydroxylation is 2. The summed E-state index contributed by atoms with van der Waals surface area (Å²) in [4.78, 5) is 39.3. The molecule has 0 radical (unpaired) electrons. The van der Waals surface area contributed by atoms with Crippen molar-refractivity contribution in [2.24, 2.45) is 0 Å². The van der Waals surface area contributed by atoms with Crippen LogP contribution in [0.15, 0.2) is 84.5 Å². The first-order valence-corrected chi connectivity index (χ1v) is 21.5. The fraction of sp³-hybridized carbons (Fsp3) is 0.375. The molecule has 4 heterocycles. The van der Waals surface area contributed by atoms with Crippen LogP contribution in [0.4, 0.5) is 0 Å². The van der Waals surface area contributed by atoms with Crippen molar-refractivity contribution in [1.29, 1.82) is 15.8 Å². The Kier molecular flexibility index (Phi) is 33.3. The quantitative estimate of drug-likeness (QED) is 0.0110. The molecule has 15 heteroatoms. The topological polar surface area (TPSA) is 220 Å². The van der Waals surface area contributed by atoms with E-state index in [-0.39, 0.29) is 19.5 Å². The predicted octanol–water partition coefficient (Wildman–Crippen LogP) is 11.5. The number of carbonyl (C=O) groups is 2. The SMILES string of the molecule is CCCCCCCCCc1ccnc(-c2cc(CCCCCCCCC)ccn2)c1.N#CC(=Cc1ccnc(-c2cc(/C=C(\C#N)C(=O)O)ccn2)c1)C(=O)O.N#C[S-].[N-]=C=S.[Ru+2]. The number of isothiocyanates is 1. The Labute approximate surface area is 396 Å². The molecule has 0 aromatic carbocycles. The van der Waals surface area contributed by atoms with Crippen molar-refractivity contribution < 1.29 is 39.3 Å². The number of carboxylic acids is 2. The largest absolute Gasteiger partial charge is 2.00 e. The van der Waals surface area contributed by atoms with Crippen LogP contribution in [-0.2, 0) is 54.5 Å². The summed E-state index contributed by atoms with van der Waals surface area (Å²) in [5, 5.41) is 52.4. The number of nitrogens with zero attached hydrogens (tertiary/aromatic N) is 8. The Hall–Kier alpha value is -5.87. The molecule has 330 valence electrons. The Morgan fingerprint density at radius 3 is 1.19 bits per heavy atom. The molecule has 0 aliphatic heterocycles. The Balaban J connectivity index is 0.00000108. The molecule has 0 bridgehead atoms. The second-order valence-electron chi connectivity index (χ2n) is 13.9. The van der Waals surface area contributed by atoms with Gasteiger partial charge in [-0.3, -0.25) is 19.9 Å². The summed E-state index contributed by atoms with van der Waals surface area (Å²) in [6.07, 6.45) is 30.5. The molecule has 0 amide bonds. The molecule has 4 rings (SSSR count). The van der Waals surface area contributed by atoms with Crippen molar-refractivity contribution in [3.63, 3.8) is 0 Å². The molecule has 4 aromatic rings. The van der Waals surface area contributed by atoms with Gasteiger partial charge >= 0.3 is 31.4 Å². The van der Waals surface area contributed by atoms with Crippen LogP contribution in [0.3, 0.4) is 0 Å². The number of thiocarbonyl (C=S) groups is 1.